The molecule has 1 atom stereocenters. The highest BCUT2D eigenvalue weighted by molar-refractivity contribution is 5.39. The molecule has 2 rings (SSSR count). The van der Waals surface area contributed by atoms with Gasteiger partial charge >= 0.3 is 0 Å². The summed E-state index contributed by atoms with van der Waals surface area (Å²) >= 11 is 0. The number of rotatable bonds is 7. The van der Waals surface area contributed by atoms with Gasteiger partial charge in [0, 0.05) is 19.6 Å². The highest BCUT2D eigenvalue weighted by Gasteiger charge is 2.32. The molecule has 1 aromatic rings. The number of nitrogens with one attached hydrogen (secondary N) is 1. The molecule has 4 nitrogen and oxygen atoms in total. The van der Waals surface area contributed by atoms with Gasteiger partial charge in [-0.15, -0.1) is 0 Å². The van der Waals surface area contributed by atoms with Gasteiger partial charge in [0.1, 0.15) is 6.61 Å². The zero-order valence-corrected chi connectivity index (χ0v) is 12.8. The minimum absolute atomic E-state index is 0.402. The highest BCUT2D eigenvalue weighted by Crippen LogP contribution is 2.29. The van der Waals surface area contributed by atoms with Crippen LogP contribution in [0.15, 0.2) is 24.3 Å². The molecule has 20 heavy (non-hydrogen) atoms. The lowest BCUT2D eigenvalue weighted by Crippen LogP contribution is -2.34. The molecule has 1 aliphatic rings. The van der Waals surface area contributed by atoms with E-state index in [9.17, 15) is 0 Å². The fraction of sp³-hybridized carbons (Fsp3) is 0.625. The lowest BCUT2D eigenvalue weighted by Gasteiger charge is -2.24. The molecular weight excluding hydrogens is 252 g/mol. The number of benzene rings is 1. The average molecular weight is 278 g/mol. The van der Waals surface area contributed by atoms with Crippen molar-refractivity contribution < 1.29 is 9.47 Å². The second-order valence-electron chi connectivity index (χ2n) is 5.87. The lowest BCUT2D eigenvalue weighted by atomic mass is 9.90. The van der Waals surface area contributed by atoms with E-state index in [1.54, 1.807) is 7.11 Å². The van der Waals surface area contributed by atoms with Crippen molar-refractivity contribution in [2.45, 2.75) is 13.3 Å². The maximum Gasteiger partial charge on any atom is 0.161 e. The zero-order chi connectivity index (χ0) is 14.4. The third-order valence-corrected chi connectivity index (χ3v) is 3.97. The summed E-state index contributed by atoms with van der Waals surface area (Å²) in [5.74, 6) is 1.63. The first-order chi connectivity index (χ1) is 9.67. The quantitative estimate of drug-likeness (QED) is 0.827. The Morgan fingerprint density at radius 2 is 2.05 bits per heavy atom. The van der Waals surface area contributed by atoms with Gasteiger partial charge < -0.3 is 14.8 Å². The van der Waals surface area contributed by atoms with E-state index in [4.69, 9.17) is 9.47 Å². The van der Waals surface area contributed by atoms with Crippen molar-refractivity contribution in [3.63, 3.8) is 0 Å². The summed E-state index contributed by atoms with van der Waals surface area (Å²) in [5, 5.41) is 3.29. The third kappa shape index (κ3) is 3.87. The molecule has 0 bridgehead atoms. The van der Waals surface area contributed by atoms with E-state index in [-0.39, 0.29) is 0 Å². The fourth-order valence-electron chi connectivity index (χ4n) is 2.91. The molecule has 0 aromatic heterocycles. The topological polar surface area (TPSA) is 33.7 Å². The molecule has 1 saturated heterocycles. The summed E-state index contributed by atoms with van der Waals surface area (Å²) in [6.45, 7) is 7.41. The van der Waals surface area contributed by atoms with Crippen LogP contribution in [0.1, 0.15) is 13.3 Å². The van der Waals surface area contributed by atoms with Crippen LogP contribution >= 0.6 is 0 Å². The first-order valence-electron chi connectivity index (χ1n) is 7.30. The van der Waals surface area contributed by atoms with Crippen molar-refractivity contribution in [1.29, 1.82) is 0 Å². The Balaban J connectivity index is 1.77. The average Bonchev–Trinajstić information content (AvgIpc) is 2.81. The number of likely N-dealkylation sites (tertiary alicyclic amines) is 1. The third-order valence-electron chi connectivity index (χ3n) is 3.97. The molecule has 1 fully saturated rings. The van der Waals surface area contributed by atoms with Crippen LogP contribution in [0.4, 0.5) is 0 Å². The Morgan fingerprint density at radius 3 is 2.75 bits per heavy atom. The van der Waals surface area contributed by atoms with Gasteiger partial charge in [0.25, 0.3) is 0 Å². The van der Waals surface area contributed by atoms with E-state index in [1.165, 1.54) is 6.42 Å². The van der Waals surface area contributed by atoms with E-state index in [0.717, 1.165) is 37.7 Å². The first-order valence-corrected chi connectivity index (χ1v) is 7.30. The van der Waals surface area contributed by atoms with Gasteiger partial charge in [0.2, 0.25) is 0 Å². The molecule has 1 heterocycles. The normalized spacial score (nSPS) is 22.9. The SMILES string of the molecule is CNCC1(C)CCN(CCOc2ccccc2OC)C1. The summed E-state index contributed by atoms with van der Waals surface area (Å²) in [6.07, 6.45) is 1.25. The second kappa shape index (κ2) is 6.95. The van der Waals surface area contributed by atoms with E-state index in [1.807, 2.05) is 31.3 Å². The fourth-order valence-corrected chi connectivity index (χ4v) is 2.91. The van der Waals surface area contributed by atoms with E-state index >= 15 is 0 Å². The summed E-state index contributed by atoms with van der Waals surface area (Å²) in [4.78, 5) is 2.48. The van der Waals surface area contributed by atoms with Gasteiger partial charge in [0.15, 0.2) is 11.5 Å². The summed E-state index contributed by atoms with van der Waals surface area (Å²) in [6, 6.07) is 7.80. The number of ether oxygens (including phenoxy) is 2. The molecule has 4 heteroatoms. The minimum atomic E-state index is 0.402. The van der Waals surface area contributed by atoms with Crippen molar-refractivity contribution in [2.75, 3.05) is 46.9 Å². The largest absolute Gasteiger partial charge is 0.493 e. The molecule has 0 aliphatic carbocycles. The number of methoxy groups -OCH3 is 1. The van der Waals surface area contributed by atoms with Crippen molar-refractivity contribution >= 4 is 0 Å². The van der Waals surface area contributed by atoms with Gasteiger partial charge in [-0.2, -0.15) is 0 Å². The Labute approximate surface area is 122 Å². The number of para-hydroxylation sites is 2. The van der Waals surface area contributed by atoms with Gasteiger partial charge in [-0.3, -0.25) is 4.90 Å². The predicted molar refractivity (Wildman–Crippen MR) is 81.6 cm³/mol. The van der Waals surface area contributed by atoms with Crippen LogP contribution in [-0.2, 0) is 0 Å². The van der Waals surface area contributed by atoms with Crippen molar-refractivity contribution in [3.05, 3.63) is 24.3 Å². The minimum Gasteiger partial charge on any atom is -0.493 e. The number of nitrogens with zero attached hydrogens (tertiary/aromatic N) is 1. The summed E-state index contributed by atoms with van der Waals surface area (Å²) < 4.78 is 11.1. The van der Waals surface area contributed by atoms with Crippen molar-refractivity contribution in [1.82, 2.24) is 10.2 Å². The van der Waals surface area contributed by atoms with Gasteiger partial charge in [-0.05, 0) is 37.6 Å². The summed E-state index contributed by atoms with van der Waals surface area (Å²) in [5.41, 5.74) is 0.402. The highest BCUT2D eigenvalue weighted by atomic mass is 16.5. The van der Waals surface area contributed by atoms with Gasteiger partial charge in [-0.1, -0.05) is 19.1 Å². The van der Waals surface area contributed by atoms with Crippen molar-refractivity contribution in [2.24, 2.45) is 5.41 Å². The van der Waals surface area contributed by atoms with Crippen LogP contribution in [0.3, 0.4) is 0 Å². The second-order valence-corrected chi connectivity index (χ2v) is 5.87. The Kier molecular flexibility index (Phi) is 5.26. The molecular formula is C16H26N2O2. The molecule has 0 saturated carbocycles. The van der Waals surface area contributed by atoms with E-state index in [0.29, 0.717) is 12.0 Å². The molecule has 0 spiro atoms. The van der Waals surface area contributed by atoms with Crippen LogP contribution in [0.25, 0.3) is 0 Å². The van der Waals surface area contributed by atoms with Gasteiger partial charge in [0.05, 0.1) is 7.11 Å². The predicted octanol–water partition coefficient (Wildman–Crippen LogP) is 2.01. The van der Waals surface area contributed by atoms with Crippen LogP contribution in [0.5, 0.6) is 11.5 Å². The van der Waals surface area contributed by atoms with Crippen LogP contribution in [-0.4, -0.2) is 51.8 Å². The Morgan fingerprint density at radius 1 is 1.30 bits per heavy atom. The maximum atomic E-state index is 5.84. The first kappa shape index (κ1) is 15.1. The van der Waals surface area contributed by atoms with E-state index < -0.39 is 0 Å². The monoisotopic (exact) mass is 278 g/mol. The Hall–Kier alpha value is -1.26. The molecule has 112 valence electrons. The lowest BCUT2D eigenvalue weighted by molar-refractivity contribution is 0.212. The standard InChI is InChI=1S/C16H26N2O2/c1-16(12-17-2)8-9-18(13-16)10-11-20-15-7-5-4-6-14(15)19-3/h4-7,17H,8-13H2,1-3H3. The Bertz CT molecular complexity index is 425. The molecule has 1 N–H and O–H groups in total. The van der Waals surface area contributed by atoms with Crippen molar-refractivity contribution in [3.8, 4) is 11.5 Å². The zero-order valence-electron chi connectivity index (χ0n) is 12.8. The molecule has 1 unspecified atom stereocenters. The van der Waals surface area contributed by atoms with E-state index in [2.05, 4.69) is 17.1 Å². The number of hydrogen-bond acceptors (Lipinski definition) is 4. The molecule has 1 aliphatic heterocycles. The summed E-state index contributed by atoms with van der Waals surface area (Å²) in [7, 11) is 3.70. The van der Waals surface area contributed by atoms with Gasteiger partial charge in [-0.25, -0.2) is 0 Å². The van der Waals surface area contributed by atoms with Crippen LogP contribution < -0.4 is 14.8 Å². The molecule has 0 amide bonds. The van der Waals surface area contributed by atoms with Crippen LogP contribution in [0.2, 0.25) is 0 Å². The molecule has 0 radical (unpaired) electrons. The maximum absolute atomic E-state index is 5.84. The molecule has 1 aromatic carbocycles. The smallest absolute Gasteiger partial charge is 0.161 e. The van der Waals surface area contributed by atoms with Crippen LogP contribution in [0, 0.1) is 5.41 Å². The number of hydrogen-bond donors (Lipinski definition) is 1.